The fraction of sp³-hybridized carbons (Fsp3) is 0.462. The minimum absolute atomic E-state index is 0.0950. The van der Waals surface area contributed by atoms with E-state index in [4.69, 9.17) is 0 Å². The highest BCUT2D eigenvalue weighted by Gasteiger charge is 2.53. The molecule has 1 aromatic carbocycles. The molecule has 2 aromatic rings. The number of aromatic nitrogens is 1. The van der Waals surface area contributed by atoms with E-state index < -0.39 is 39.8 Å². The third-order valence-corrected chi connectivity index (χ3v) is 8.86. The van der Waals surface area contributed by atoms with Gasteiger partial charge in [0.1, 0.15) is 6.04 Å². The number of nitrogens with one attached hydrogen (secondary N) is 1. The third kappa shape index (κ3) is 6.64. The first-order chi connectivity index (χ1) is 18.4. The van der Waals surface area contributed by atoms with Crippen LogP contribution in [0.4, 0.5) is 13.2 Å². The number of sulfonamides is 1. The van der Waals surface area contributed by atoms with Crippen molar-refractivity contribution in [1.29, 1.82) is 0 Å². The van der Waals surface area contributed by atoms with Crippen LogP contribution < -0.4 is 5.32 Å². The summed E-state index contributed by atoms with van der Waals surface area (Å²) in [6, 6.07) is 5.78. The summed E-state index contributed by atoms with van der Waals surface area (Å²) < 4.78 is 65.4. The van der Waals surface area contributed by atoms with Crippen molar-refractivity contribution in [2.24, 2.45) is 5.92 Å². The SMILES string of the molecule is CC(CCNC(=O)c1ccc(C(F)(F)F)cc1)CC(=O)N1CCC2C1C(=O)CN2S(=O)(=O)Cc1cccnc1. The third-order valence-electron chi connectivity index (χ3n) is 7.05. The lowest BCUT2D eigenvalue weighted by atomic mass is 10.0. The van der Waals surface area contributed by atoms with E-state index in [2.05, 4.69) is 10.3 Å². The van der Waals surface area contributed by atoms with Gasteiger partial charge in [-0.3, -0.25) is 19.4 Å². The largest absolute Gasteiger partial charge is 0.416 e. The van der Waals surface area contributed by atoms with Crippen LogP contribution in [0.1, 0.15) is 47.7 Å². The van der Waals surface area contributed by atoms with Crippen LogP contribution in [-0.4, -0.2) is 71.9 Å². The Hall–Kier alpha value is -3.32. The zero-order valence-corrected chi connectivity index (χ0v) is 22.0. The molecule has 3 unspecified atom stereocenters. The number of carbonyl (C=O) groups is 3. The van der Waals surface area contributed by atoms with Crippen molar-refractivity contribution in [3.05, 3.63) is 65.5 Å². The first kappa shape index (κ1) is 28.7. The molecule has 2 aliphatic heterocycles. The number of nitrogens with zero attached hydrogens (tertiary/aromatic N) is 3. The van der Waals surface area contributed by atoms with Crippen LogP contribution in [0.15, 0.2) is 48.8 Å². The van der Waals surface area contributed by atoms with Crippen molar-refractivity contribution < 1.29 is 36.0 Å². The monoisotopic (exact) mass is 566 g/mol. The summed E-state index contributed by atoms with van der Waals surface area (Å²) in [7, 11) is -3.79. The number of ketones is 1. The molecule has 2 saturated heterocycles. The lowest BCUT2D eigenvalue weighted by Crippen LogP contribution is -2.44. The number of hydrogen-bond donors (Lipinski definition) is 1. The zero-order chi connectivity index (χ0) is 28.4. The molecule has 3 atom stereocenters. The summed E-state index contributed by atoms with van der Waals surface area (Å²) >= 11 is 0. The summed E-state index contributed by atoms with van der Waals surface area (Å²) in [5.74, 6) is -1.53. The summed E-state index contributed by atoms with van der Waals surface area (Å²) in [5.41, 5.74) is -0.235. The molecule has 39 heavy (non-hydrogen) atoms. The second-order valence-electron chi connectivity index (χ2n) is 9.95. The van der Waals surface area contributed by atoms with Gasteiger partial charge in [0.2, 0.25) is 15.9 Å². The zero-order valence-electron chi connectivity index (χ0n) is 21.2. The number of pyridine rings is 1. The first-order valence-electron chi connectivity index (χ1n) is 12.5. The van der Waals surface area contributed by atoms with E-state index >= 15 is 0 Å². The number of Topliss-reactive ketones (excluding diaryl/α,β-unsaturated/α-hetero) is 1. The second kappa shape index (κ2) is 11.4. The second-order valence-corrected chi connectivity index (χ2v) is 11.9. The van der Waals surface area contributed by atoms with E-state index in [1.54, 1.807) is 18.3 Å². The highest BCUT2D eigenvalue weighted by molar-refractivity contribution is 7.88. The van der Waals surface area contributed by atoms with E-state index in [9.17, 15) is 36.0 Å². The van der Waals surface area contributed by atoms with Gasteiger partial charge >= 0.3 is 6.18 Å². The van der Waals surface area contributed by atoms with E-state index in [-0.39, 0.29) is 55.0 Å². The maximum absolute atomic E-state index is 13.0. The number of rotatable bonds is 9. The molecule has 210 valence electrons. The van der Waals surface area contributed by atoms with Crippen molar-refractivity contribution in [3.63, 3.8) is 0 Å². The predicted molar refractivity (Wildman–Crippen MR) is 135 cm³/mol. The molecule has 2 amide bonds. The van der Waals surface area contributed by atoms with Gasteiger partial charge in [-0.2, -0.15) is 17.5 Å². The Morgan fingerprint density at radius 1 is 1.18 bits per heavy atom. The average molecular weight is 567 g/mol. The Balaban J connectivity index is 1.27. The minimum atomic E-state index is -4.48. The maximum atomic E-state index is 13.0. The van der Waals surface area contributed by atoms with E-state index in [0.717, 1.165) is 24.3 Å². The van der Waals surface area contributed by atoms with Crippen LogP contribution >= 0.6 is 0 Å². The number of halogens is 3. The van der Waals surface area contributed by atoms with Gasteiger partial charge in [-0.05, 0) is 54.7 Å². The summed E-state index contributed by atoms with van der Waals surface area (Å²) in [5, 5.41) is 2.64. The summed E-state index contributed by atoms with van der Waals surface area (Å²) in [4.78, 5) is 43.5. The molecule has 0 spiro atoms. The van der Waals surface area contributed by atoms with Gasteiger partial charge in [0.05, 0.1) is 23.9 Å². The van der Waals surface area contributed by atoms with E-state index in [0.29, 0.717) is 18.4 Å². The van der Waals surface area contributed by atoms with Gasteiger partial charge in [0.25, 0.3) is 5.91 Å². The van der Waals surface area contributed by atoms with Gasteiger partial charge in [0, 0.05) is 37.5 Å². The summed E-state index contributed by atoms with van der Waals surface area (Å²) in [6.07, 6.45) is -0.576. The Bertz CT molecular complexity index is 1320. The normalized spacial score (nSPS) is 20.6. The molecule has 0 bridgehead atoms. The van der Waals surface area contributed by atoms with Gasteiger partial charge < -0.3 is 10.2 Å². The average Bonchev–Trinajstić information content (AvgIpc) is 3.45. The van der Waals surface area contributed by atoms with E-state index in [1.807, 2.05) is 6.92 Å². The molecular formula is C26H29F3N4O5S. The highest BCUT2D eigenvalue weighted by Crippen LogP contribution is 2.33. The van der Waals surface area contributed by atoms with Crippen molar-refractivity contribution in [1.82, 2.24) is 19.5 Å². The van der Waals surface area contributed by atoms with Crippen LogP contribution in [0, 0.1) is 5.92 Å². The Morgan fingerprint density at radius 3 is 2.54 bits per heavy atom. The van der Waals surface area contributed by atoms with Crippen molar-refractivity contribution in [2.45, 2.75) is 50.2 Å². The molecule has 13 heteroatoms. The summed E-state index contributed by atoms with van der Waals surface area (Å²) in [6.45, 7) is 2.03. The lowest BCUT2D eigenvalue weighted by Gasteiger charge is -2.25. The standard InChI is InChI=1S/C26H29F3N4O5S/c1-17(8-11-31-25(36)19-4-6-20(7-5-19)26(27,28)29)13-23(35)32-12-9-21-24(32)22(34)15-33(21)39(37,38)16-18-3-2-10-30-14-18/h2-7,10,14,17,21,24H,8-9,11-13,15-16H2,1H3,(H,31,36). The van der Waals surface area contributed by atoms with Crippen LogP contribution in [0.3, 0.4) is 0 Å². The number of fused-ring (bicyclic) bond motifs is 1. The number of likely N-dealkylation sites (tertiary alicyclic amines) is 1. The van der Waals surface area contributed by atoms with Crippen LogP contribution in [0.5, 0.6) is 0 Å². The van der Waals surface area contributed by atoms with Gasteiger partial charge in [-0.15, -0.1) is 0 Å². The van der Waals surface area contributed by atoms with Crippen LogP contribution in [-0.2, 0) is 31.5 Å². The molecule has 0 saturated carbocycles. The Kier molecular flexibility index (Phi) is 8.40. The molecule has 3 heterocycles. The fourth-order valence-corrected chi connectivity index (χ4v) is 6.77. The van der Waals surface area contributed by atoms with Gasteiger partial charge in [-0.25, -0.2) is 8.42 Å². The van der Waals surface area contributed by atoms with E-state index in [1.165, 1.54) is 15.4 Å². The topological polar surface area (TPSA) is 117 Å². The van der Waals surface area contributed by atoms with Gasteiger partial charge in [0.15, 0.2) is 5.78 Å². The molecule has 1 N–H and O–H groups in total. The molecular weight excluding hydrogens is 537 g/mol. The molecule has 4 rings (SSSR count). The first-order valence-corrected chi connectivity index (χ1v) is 14.1. The van der Waals surface area contributed by atoms with Crippen molar-refractivity contribution in [2.75, 3.05) is 19.6 Å². The predicted octanol–water partition coefficient (Wildman–Crippen LogP) is 2.63. The number of amides is 2. The number of benzene rings is 1. The lowest BCUT2D eigenvalue weighted by molar-refractivity contribution is -0.137. The molecule has 0 radical (unpaired) electrons. The number of hydrogen-bond acceptors (Lipinski definition) is 6. The van der Waals surface area contributed by atoms with Crippen molar-refractivity contribution >= 4 is 27.6 Å². The van der Waals surface area contributed by atoms with Crippen LogP contribution in [0.25, 0.3) is 0 Å². The van der Waals surface area contributed by atoms with Crippen molar-refractivity contribution in [3.8, 4) is 0 Å². The number of alkyl halides is 3. The molecule has 0 aliphatic carbocycles. The Morgan fingerprint density at radius 2 is 1.90 bits per heavy atom. The highest BCUT2D eigenvalue weighted by atomic mass is 32.2. The van der Waals surface area contributed by atoms with Crippen LogP contribution in [0.2, 0.25) is 0 Å². The fourth-order valence-electron chi connectivity index (χ4n) is 5.05. The molecule has 1 aromatic heterocycles. The molecule has 2 aliphatic rings. The molecule has 2 fully saturated rings. The number of carbonyl (C=O) groups excluding carboxylic acids is 3. The minimum Gasteiger partial charge on any atom is -0.352 e. The molecule has 9 nitrogen and oxygen atoms in total. The smallest absolute Gasteiger partial charge is 0.352 e. The maximum Gasteiger partial charge on any atom is 0.416 e. The quantitative estimate of drug-likeness (QED) is 0.499. The Labute approximate surface area is 224 Å². The van der Waals surface area contributed by atoms with Gasteiger partial charge in [-0.1, -0.05) is 13.0 Å².